The highest BCUT2D eigenvalue weighted by Gasteiger charge is 2.06. The molecule has 0 saturated heterocycles. The zero-order valence-electron chi connectivity index (χ0n) is 13.6. The molecule has 3 heteroatoms. The van der Waals surface area contributed by atoms with Crippen LogP contribution in [-0.4, -0.2) is 36.7 Å². The van der Waals surface area contributed by atoms with E-state index in [4.69, 9.17) is 4.74 Å². The van der Waals surface area contributed by atoms with Crippen molar-refractivity contribution in [2.24, 2.45) is 0 Å². The Morgan fingerprint density at radius 1 is 1.20 bits per heavy atom. The first-order valence-corrected chi connectivity index (χ1v) is 7.72. The normalized spacial score (nSPS) is 11.6. The van der Waals surface area contributed by atoms with Crippen LogP contribution in [-0.2, 0) is 6.54 Å². The molecule has 0 unspecified atom stereocenters. The van der Waals surface area contributed by atoms with Gasteiger partial charge in [0.2, 0.25) is 0 Å². The van der Waals surface area contributed by atoms with E-state index in [1.807, 2.05) is 6.07 Å². The predicted molar refractivity (Wildman–Crippen MR) is 86.3 cm³/mol. The third-order valence-corrected chi connectivity index (χ3v) is 3.40. The van der Waals surface area contributed by atoms with E-state index in [-0.39, 0.29) is 0 Å². The Morgan fingerprint density at radius 2 is 1.95 bits per heavy atom. The zero-order valence-corrected chi connectivity index (χ0v) is 13.6. The average molecular weight is 278 g/mol. The minimum absolute atomic E-state index is 0.503. The molecule has 114 valence electrons. The van der Waals surface area contributed by atoms with Gasteiger partial charge >= 0.3 is 0 Å². The molecule has 1 aromatic carbocycles. The summed E-state index contributed by atoms with van der Waals surface area (Å²) < 4.78 is 5.87. The largest absolute Gasteiger partial charge is 0.492 e. The molecule has 20 heavy (non-hydrogen) atoms. The maximum absolute atomic E-state index is 5.87. The smallest absolute Gasteiger partial charge is 0.119 e. The fraction of sp³-hybridized carbons (Fsp3) is 0.647. The Kier molecular flexibility index (Phi) is 7.63. The van der Waals surface area contributed by atoms with E-state index < -0.39 is 0 Å². The summed E-state index contributed by atoms with van der Waals surface area (Å²) >= 11 is 0. The molecule has 0 heterocycles. The van der Waals surface area contributed by atoms with Crippen LogP contribution in [0.4, 0.5) is 0 Å². The van der Waals surface area contributed by atoms with Gasteiger partial charge in [-0.1, -0.05) is 32.9 Å². The van der Waals surface area contributed by atoms with E-state index in [9.17, 15) is 0 Å². The van der Waals surface area contributed by atoms with Gasteiger partial charge in [0.25, 0.3) is 0 Å². The lowest BCUT2D eigenvalue weighted by atomic mass is 10.2. The molecule has 0 aliphatic rings. The van der Waals surface area contributed by atoms with Crippen LogP contribution in [0.25, 0.3) is 0 Å². The van der Waals surface area contributed by atoms with Crippen molar-refractivity contribution < 1.29 is 4.74 Å². The van der Waals surface area contributed by atoms with Gasteiger partial charge in [-0.3, -0.25) is 4.90 Å². The molecule has 3 nitrogen and oxygen atoms in total. The molecule has 0 atom stereocenters. The summed E-state index contributed by atoms with van der Waals surface area (Å²) in [6.45, 7) is 14.6. The molecule has 0 saturated carbocycles. The highest BCUT2D eigenvalue weighted by molar-refractivity contribution is 5.28. The standard InChI is InChI=1S/C17H30N2O/c1-6-19(15(4)5)10-11-20-17-9-7-8-16(12-17)13-18-14(2)3/h7-9,12,14-15,18H,6,10-11,13H2,1-5H3. The summed E-state index contributed by atoms with van der Waals surface area (Å²) in [7, 11) is 0. The fourth-order valence-electron chi connectivity index (χ4n) is 2.13. The molecular weight excluding hydrogens is 248 g/mol. The number of likely N-dealkylation sites (N-methyl/N-ethyl adjacent to an activating group) is 1. The van der Waals surface area contributed by atoms with Crippen LogP contribution in [0, 0.1) is 0 Å². The third-order valence-electron chi connectivity index (χ3n) is 3.40. The molecule has 0 fully saturated rings. The lowest BCUT2D eigenvalue weighted by Gasteiger charge is -2.24. The lowest BCUT2D eigenvalue weighted by Crippen LogP contribution is -2.34. The van der Waals surface area contributed by atoms with Crippen molar-refractivity contribution in [3.8, 4) is 5.75 Å². The van der Waals surface area contributed by atoms with Crippen LogP contribution < -0.4 is 10.1 Å². The molecule has 1 aromatic rings. The predicted octanol–water partition coefficient (Wildman–Crippen LogP) is 3.29. The summed E-state index contributed by atoms with van der Waals surface area (Å²) in [6, 6.07) is 9.43. The van der Waals surface area contributed by atoms with Crippen LogP contribution in [0.1, 0.15) is 40.2 Å². The molecule has 1 rings (SSSR count). The Morgan fingerprint density at radius 3 is 2.55 bits per heavy atom. The van der Waals surface area contributed by atoms with Crippen molar-refractivity contribution in [3.05, 3.63) is 29.8 Å². The van der Waals surface area contributed by atoms with Gasteiger partial charge in [-0.2, -0.15) is 0 Å². The molecule has 1 N–H and O–H groups in total. The Bertz CT molecular complexity index is 377. The van der Waals surface area contributed by atoms with E-state index >= 15 is 0 Å². The summed E-state index contributed by atoms with van der Waals surface area (Å²) in [5, 5.41) is 3.42. The van der Waals surface area contributed by atoms with Crippen LogP contribution in [0.5, 0.6) is 5.75 Å². The molecular formula is C17H30N2O. The van der Waals surface area contributed by atoms with Crippen molar-refractivity contribution in [2.45, 2.75) is 53.2 Å². The molecule has 0 aromatic heterocycles. The monoisotopic (exact) mass is 278 g/mol. The first-order valence-electron chi connectivity index (χ1n) is 7.72. The molecule has 0 spiro atoms. The molecule has 0 amide bonds. The number of hydrogen-bond acceptors (Lipinski definition) is 3. The molecule has 0 radical (unpaired) electrons. The maximum atomic E-state index is 5.87. The lowest BCUT2D eigenvalue weighted by molar-refractivity contribution is 0.183. The van der Waals surface area contributed by atoms with E-state index in [1.54, 1.807) is 0 Å². The third kappa shape index (κ3) is 6.40. The Hall–Kier alpha value is -1.06. The fourth-order valence-corrected chi connectivity index (χ4v) is 2.13. The second-order valence-electron chi connectivity index (χ2n) is 5.75. The summed E-state index contributed by atoms with van der Waals surface area (Å²) in [5.74, 6) is 0.966. The number of nitrogens with zero attached hydrogens (tertiary/aromatic N) is 1. The average Bonchev–Trinajstić information content (AvgIpc) is 2.41. The van der Waals surface area contributed by atoms with Gasteiger partial charge in [0, 0.05) is 25.2 Å². The van der Waals surface area contributed by atoms with E-state index in [0.29, 0.717) is 12.1 Å². The van der Waals surface area contributed by atoms with E-state index in [2.05, 4.69) is 63.0 Å². The first kappa shape index (κ1) is 17.0. The second-order valence-corrected chi connectivity index (χ2v) is 5.75. The van der Waals surface area contributed by atoms with Crippen molar-refractivity contribution >= 4 is 0 Å². The van der Waals surface area contributed by atoms with Gasteiger partial charge in [0.15, 0.2) is 0 Å². The second kappa shape index (κ2) is 8.98. The maximum Gasteiger partial charge on any atom is 0.119 e. The Labute approximate surface area is 124 Å². The van der Waals surface area contributed by atoms with Crippen molar-refractivity contribution in [2.75, 3.05) is 19.7 Å². The summed E-state index contributed by atoms with van der Waals surface area (Å²) in [6.07, 6.45) is 0. The number of nitrogens with one attached hydrogen (secondary N) is 1. The van der Waals surface area contributed by atoms with Gasteiger partial charge in [-0.05, 0) is 38.1 Å². The number of ether oxygens (including phenoxy) is 1. The van der Waals surface area contributed by atoms with E-state index in [0.717, 1.165) is 32.0 Å². The number of rotatable bonds is 9. The zero-order chi connectivity index (χ0) is 15.0. The van der Waals surface area contributed by atoms with Gasteiger partial charge in [-0.15, -0.1) is 0 Å². The van der Waals surface area contributed by atoms with Crippen LogP contribution in [0.2, 0.25) is 0 Å². The van der Waals surface area contributed by atoms with Crippen molar-refractivity contribution in [1.82, 2.24) is 10.2 Å². The van der Waals surface area contributed by atoms with Gasteiger partial charge < -0.3 is 10.1 Å². The quantitative estimate of drug-likeness (QED) is 0.750. The van der Waals surface area contributed by atoms with E-state index in [1.165, 1.54) is 5.56 Å². The summed E-state index contributed by atoms with van der Waals surface area (Å²) in [5.41, 5.74) is 1.27. The molecule has 0 aliphatic heterocycles. The SMILES string of the molecule is CCN(CCOc1cccc(CNC(C)C)c1)C(C)C. The highest BCUT2D eigenvalue weighted by Crippen LogP contribution is 2.13. The highest BCUT2D eigenvalue weighted by atomic mass is 16.5. The van der Waals surface area contributed by atoms with Crippen LogP contribution >= 0.6 is 0 Å². The van der Waals surface area contributed by atoms with Gasteiger partial charge in [0.05, 0.1) is 0 Å². The minimum Gasteiger partial charge on any atom is -0.492 e. The first-order chi connectivity index (χ1) is 9.52. The topological polar surface area (TPSA) is 24.5 Å². The van der Waals surface area contributed by atoms with Gasteiger partial charge in [0.1, 0.15) is 12.4 Å². The minimum atomic E-state index is 0.503. The number of hydrogen-bond donors (Lipinski definition) is 1. The molecule has 0 aliphatic carbocycles. The van der Waals surface area contributed by atoms with Crippen LogP contribution in [0.3, 0.4) is 0 Å². The Balaban J connectivity index is 2.42. The van der Waals surface area contributed by atoms with Crippen molar-refractivity contribution in [1.29, 1.82) is 0 Å². The number of benzene rings is 1. The van der Waals surface area contributed by atoms with Gasteiger partial charge in [-0.25, -0.2) is 0 Å². The van der Waals surface area contributed by atoms with Crippen LogP contribution in [0.15, 0.2) is 24.3 Å². The molecule has 0 bridgehead atoms. The summed E-state index contributed by atoms with van der Waals surface area (Å²) in [4.78, 5) is 2.41. The van der Waals surface area contributed by atoms with Crippen molar-refractivity contribution in [3.63, 3.8) is 0 Å².